The summed E-state index contributed by atoms with van der Waals surface area (Å²) in [6, 6.07) is 6.04. The van der Waals surface area contributed by atoms with Crippen LogP contribution >= 0.6 is 24.0 Å². The lowest BCUT2D eigenvalue weighted by molar-refractivity contribution is 0.128. The van der Waals surface area contributed by atoms with Crippen molar-refractivity contribution in [3.05, 3.63) is 34.9 Å². The maximum absolute atomic E-state index is 12.0. The van der Waals surface area contributed by atoms with Gasteiger partial charge in [0.05, 0.1) is 0 Å². The van der Waals surface area contributed by atoms with Crippen molar-refractivity contribution in [3.63, 3.8) is 0 Å². The molecule has 0 saturated carbocycles. The largest absolute Gasteiger partial charge is 0.324 e. The SMILES string of the molecule is Cl.N[C@@H](CC(F)F)c1cccc(Cl)c1. The van der Waals surface area contributed by atoms with Gasteiger partial charge in [0.25, 0.3) is 0 Å². The minimum atomic E-state index is -2.38. The Bertz CT molecular complexity index is 281. The lowest BCUT2D eigenvalue weighted by Crippen LogP contribution is -2.13. The number of rotatable bonds is 3. The number of nitrogens with two attached hydrogens (primary N) is 1. The summed E-state index contributed by atoms with van der Waals surface area (Å²) in [5.41, 5.74) is 6.17. The van der Waals surface area contributed by atoms with E-state index in [0.29, 0.717) is 10.6 Å². The Morgan fingerprint density at radius 1 is 1.36 bits per heavy atom. The smallest absolute Gasteiger partial charge is 0.240 e. The molecule has 0 unspecified atom stereocenters. The van der Waals surface area contributed by atoms with Crippen LogP contribution in [0.5, 0.6) is 0 Å². The van der Waals surface area contributed by atoms with Gasteiger partial charge in [-0.1, -0.05) is 23.7 Å². The molecule has 0 aliphatic rings. The summed E-state index contributed by atoms with van der Waals surface area (Å²) in [6.45, 7) is 0. The Hall–Kier alpha value is -0.380. The van der Waals surface area contributed by atoms with E-state index in [-0.39, 0.29) is 18.8 Å². The summed E-state index contributed by atoms with van der Waals surface area (Å²) >= 11 is 5.68. The first kappa shape index (κ1) is 13.6. The Labute approximate surface area is 92.7 Å². The van der Waals surface area contributed by atoms with Crippen molar-refractivity contribution in [1.82, 2.24) is 0 Å². The molecule has 1 aromatic carbocycles. The maximum atomic E-state index is 12.0. The molecule has 0 aromatic heterocycles. The monoisotopic (exact) mass is 241 g/mol. The predicted molar refractivity (Wildman–Crippen MR) is 56.2 cm³/mol. The summed E-state index contributed by atoms with van der Waals surface area (Å²) in [5.74, 6) is 0. The van der Waals surface area contributed by atoms with E-state index in [1.807, 2.05) is 0 Å². The molecule has 0 aliphatic heterocycles. The van der Waals surface area contributed by atoms with Gasteiger partial charge in [-0.2, -0.15) is 0 Å². The molecule has 1 aromatic rings. The average molecular weight is 242 g/mol. The molecule has 0 radical (unpaired) electrons. The Morgan fingerprint density at radius 3 is 2.50 bits per heavy atom. The number of halogens is 4. The molecule has 1 rings (SSSR count). The third kappa shape index (κ3) is 4.22. The summed E-state index contributed by atoms with van der Waals surface area (Å²) < 4.78 is 23.9. The average Bonchev–Trinajstić information content (AvgIpc) is 2.03. The van der Waals surface area contributed by atoms with Crippen LogP contribution in [0.15, 0.2) is 24.3 Å². The van der Waals surface area contributed by atoms with E-state index in [0.717, 1.165) is 0 Å². The standard InChI is InChI=1S/C9H10ClF2N.ClH/c10-7-3-1-2-6(4-7)8(13)5-9(11)12;/h1-4,8-9H,5,13H2;1H/t8-;/m0./s1. The van der Waals surface area contributed by atoms with E-state index in [1.54, 1.807) is 24.3 Å². The molecule has 0 saturated heterocycles. The van der Waals surface area contributed by atoms with Gasteiger partial charge in [0.1, 0.15) is 0 Å². The van der Waals surface area contributed by atoms with Crippen LogP contribution in [-0.4, -0.2) is 6.43 Å². The Balaban J connectivity index is 0.00000169. The molecule has 1 atom stereocenters. The normalized spacial score (nSPS) is 12.4. The number of alkyl halides is 2. The van der Waals surface area contributed by atoms with Crippen molar-refractivity contribution < 1.29 is 8.78 Å². The second-order valence-electron chi connectivity index (χ2n) is 2.79. The molecule has 0 amide bonds. The second kappa shape index (κ2) is 6.17. The highest BCUT2D eigenvalue weighted by atomic mass is 35.5. The molecular formula is C9H11Cl2F2N. The van der Waals surface area contributed by atoms with Gasteiger partial charge < -0.3 is 5.73 Å². The van der Waals surface area contributed by atoms with Crippen LogP contribution < -0.4 is 5.73 Å². The molecule has 14 heavy (non-hydrogen) atoms. The third-order valence-electron chi connectivity index (χ3n) is 1.71. The van der Waals surface area contributed by atoms with Gasteiger partial charge in [0.2, 0.25) is 6.43 Å². The zero-order chi connectivity index (χ0) is 9.84. The van der Waals surface area contributed by atoms with Crippen LogP contribution in [0.4, 0.5) is 8.78 Å². The first-order valence-electron chi connectivity index (χ1n) is 3.89. The molecule has 0 fully saturated rings. The summed E-state index contributed by atoms with van der Waals surface area (Å²) in [6.07, 6.45) is -2.71. The highest BCUT2D eigenvalue weighted by Gasteiger charge is 2.12. The first-order valence-corrected chi connectivity index (χ1v) is 4.26. The topological polar surface area (TPSA) is 26.0 Å². The van der Waals surface area contributed by atoms with E-state index in [1.165, 1.54) is 0 Å². The quantitative estimate of drug-likeness (QED) is 0.863. The van der Waals surface area contributed by atoms with Crippen LogP contribution in [0.25, 0.3) is 0 Å². The van der Waals surface area contributed by atoms with Crippen molar-refractivity contribution in [2.24, 2.45) is 5.73 Å². The van der Waals surface area contributed by atoms with Gasteiger partial charge in [-0.3, -0.25) is 0 Å². The summed E-state index contributed by atoms with van der Waals surface area (Å²) in [7, 11) is 0. The minimum absolute atomic E-state index is 0. The van der Waals surface area contributed by atoms with E-state index < -0.39 is 12.5 Å². The lowest BCUT2D eigenvalue weighted by Gasteiger charge is -2.11. The molecule has 0 spiro atoms. The van der Waals surface area contributed by atoms with E-state index in [4.69, 9.17) is 17.3 Å². The highest BCUT2D eigenvalue weighted by Crippen LogP contribution is 2.20. The molecule has 0 heterocycles. The third-order valence-corrected chi connectivity index (χ3v) is 1.94. The fraction of sp³-hybridized carbons (Fsp3) is 0.333. The Kier molecular flexibility index (Phi) is 6.00. The van der Waals surface area contributed by atoms with Crippen molar-refractivity contribution >= 4 is 24.0 Å². The number of hydrogen-bond donors (Lipinski definition) is 1. The van der Waals surface area contributed by atoms with Crippen LogP contribution in [0.1, 0.15) is 18.0 Å². The van der Waals surface area contributed by atoms with Crippen molar-refractivity contribution in [2.75, 3.05) is 0 Å². The zero-order valence-corrected chi connectivity index (χ0v) is 8.86. The van der Waals surface area contributed by atoms with Crippen molar-refractivity contribution in [3.8, 4) is 0 Å². The molecule has 0 bridgehead atoms. The number of benzene rings is 1. The van der Waals surface area contributed by atoms with Crippen LogP contribution in [0.3, 0.4) is 0 Å². The zero-order valence-electron chi connectivity index (χ0n) is 7.29. The van der Waals surface area contributed by atoms with E-state index >= 15 is 0 Å². The second-order valence-corrected chi connectivity index (χ2v) is 3.22. The van der Waals surface area contributed by atoms with Crippen molar-refractivity contribution in [2.45, 2.75) is 18.9 Å². The predicted octanol–water partition coefficient (Wildman–Crippen LogP) is 3.42. The van der Waals surface area contributed by atoms with Crippen LogP contribution in [0.2, 0.25) is 5.02 Å². The summed E-state index contributed by atoms with van der Waals surface area (Å²) in [4.78, 5) is 0. The van der Waals surface area contributed by atoms with Gasteiger partial charge in [-0.25, -0.2) is 8.78 Å². The molecular weight excluding hydrogens is 231 g/mol. The highest BCUT2D eigenvalue weighted by molar-refractivity contribution is 6.30. The molecule has 0 aliphatic carbocycles. The fourth-order valence-electron chi connectivity index (χ4n) is 1.07. The first-order chi connectivity index (χ1) is 6.09. The summed E-state index contributed by atoms with van der Waals surface area (Å²) in [5, 5.41) is 0.516. The van der Waals surface area contributed by atoms with Gasteiger partial charge >= 0.3 is 0 Å². The van der Waals surface area contributed by atoms with Gasteiger partial charge in [0.15, 0.2) is 0 Å². The van der Waals surface area contributed by atoms with Gasteiger partial charge in [-0.05, 0) is 17.7 Å². The van der Waals surface area contributed by atoms with Crippen LogP contribution in [0, 0.1) is 0 Å². The van der Waals surface area contributed by atoms with Crippen LogP contribution in [-0.2, 0) is 0 Å². The molecule has 5 heteroatoms. The maximum Gasteiger partial charge on any atom is 0.240 e. The fourth-order valence-corrected chi connectivity index (χ4v) is 1.26. The lowest BCUT2D eigenvalue weighted by atomic mass is 10.1. The van der Waals surface area contributed by atoms with Gasteiger partial charge in [-0.15, -0.1) is 12.4 Å². The minimum Gasteiger partial charge on any atom is -0.324 e. The number of hydrogen-bond acceptors (Lipinski definition) is 1. The van der Waals surface area contributed by atoms with E-state index in [2.05, 4.69) is 0 Å². The van der Waals surface area contributed by atoms with Gasteiger partial charge in [0, 0.05) is 17.5 Å². The van der Waals surface area contributed by atoms with E-state index in [9.17, 15) is 8.78 Å². The molecule has 1 nitrogen and oxygen atoms in total. The Morgan fingerprint density at radius 2 is 2.00 bits per heavy atom. The van der Waals surface area contributed by atoms with Crippen molar-refractivity contribution in [1.29, 1.82) is 0 Å². The molecule has 80 valence electrons. The molecule has 2 N–H and O–H groups in total.